The van der Waals surface area contributed by atoms with Crippen LogP contribution in [0.25, 0.3) is 0 Å². The average molecular weight is 207 g/mol. The summed E-state index contributed by atoms with van der Waals surface area (Å²) in [6.07, 6.45) is 0.689. The maximum atomic E-state index is 10.1. The van der Waals surface area contributed by atoms with Crippen molar-refractivity contribution < 1.29 is 4.79 Å². The number of amides is 1. The molecule has 14 heavy (non-hydrogen) atoms. The van der Waals surface area contributed by atoms with Gasteiger partial charge in [0, 0.05) is 11.4 Å². The van der Waals surface area contributed by atoms with Crippen molar-refractivity contribution in [2.24, 2.45) is 0 Å². The zero-order valence-electron chi connectivity index (χ0n) is 8.07. The molecule has 1 rings (SSSR count). The van der Waals surface area contributed by atoms with E-state index >= 15 is 0 Å². The fourth-order valence-corrected chi connectivity index (χ4v) is 1.75. The number of thioether (sulfide) groups is 1. The maximum absolute atomic E-state index is 10.1. The summed E-state index contributed by atoms with van der Waals surface area (Å²) in [5.41, 5.74) is 2.16. The van der Waals surface area contributed by atoms with Crippen LogP contribution >= 0.6 is 11.8 Å². The van der Waals surface area contributed by atoms with Crippen LogP contribution in [-0.4, -0.2) is 6.41 Å². The van der Waals surface area contributed by atoms with Crippen LogP contribution in [0.4, 0.5) is 0 Å². The fraction of sp³-hybridized carbons (Fsp3) is 0.182. The molecule has 0 saturated carbocycles. The predicted molar refractivity (Wildman–Crippen MR) is 60.7 cm³/mol. The van der Waals surface area contributed by atoms with Gasteiger partial charge < -0.3 is 5.32 Å². The van der Waals surface area contributed by atoms with Gasteiger partial charge in [0.2, 0.25) is 6.41 Å². The van der Waals surface area contributed by atoms with Gasteiger partial charge in [-0.3, -0.25) is 4.79 Å². The van der Waals surface area contributed by atoms with Crippen LogP contribution in [-0.2, 0) is 10.5 Å². The highest BCUT2D eigenvalue weighted by molar-refractivity contribution is 8.01. The van der Waals surface area contributed by atoms with E-state index in [9.17, 15) is 4.79 Å². The molecule has 0 aliphatic rings. The largest absolute Gasteiger partial charge is 0.332 e. The third kappa shape index (κ3) is 4.14. The monoisotopic (exact) mass is 207 g/mol. The smallest absolute Gasteiger partial charge is 0.211 e. The SMILES string of the molecule is C/C(=C\SCc1ccccc1)NC=O. The summed E-state index contributed by atoms with van der Waals surface area (Å²) in [4.78, 5) is 10.1. The van der Waals surface area contributed by atoms with Gasteiger partial charge >= 0.3 is 0 Å². The first-order valence-electron chi connectivity index (χ1n) is 4.35. The third-order valence-corrected chi connectivity index (χ3v) is 2.66. The zero-order valence-corrected chi connectivity index (χ0v) is 8.88. The number of benzene rings is 1. The molecule has 0 bridgehead atoms. The second kappa shape index (κ2) is 6.27. The van der Waals surface area contributed by atoms with E-state index in [4.69, 9.17) is 0 Å². The van der Waals surface area contributed by atoms with Crippen molar-refractivity contribution in [3.05, 3.63) is 47.0 Å². The molecule has 74 valence electrons. The van der Waals surface area contributed by atoms with Crippen molar-refractivity contribution in [1.29, 1.82) is 0 Å². The summed E-state index contributed by atoms with van der Waals surface area (Å²) in [5, 5.41) is 4.54. The minimum absolute atomic E-state index is 0.689. The molecule has 0 saturated heterocycles. The second-order valence-corrected chi connectivity index (χ2v) is 3.72. The Morgan fingerprint density at radius 1 is 1.43 bits per heavy atom. The predicted octanol–water partition coefficient (Wildman–Crippen LogP) is 2.53. The van der Waals surface area contributed by atoms with E-state index in [1.54, 1.807) is 11.8 Å². The van der Waals surface area contributed by atoms with Crippen LogP contribution in [0.3, 0.4) is 0 Å². The van der Waals surface area contributed by atoms with Crippen molar-refractivity contribution >= 4 is 18.2 Å². The molecule has 0 aliphatic carbocycles. The quantitative estimate of drug-likeness (QED) is 0.752. The van der Waals surface area contributed by atoms with E-state index in [1.165, 1.54) is 5.56 Å². The molecular weight excluding hydrogens is 194 g/mol. The highest BCUT2D eigenvalue weighted by Gasteiger charge is 1.90. The molecule has 0 atom stereocenters. The number of hydrogen-bond acceptors (Lipinski definition) is 2. The molecule has 0 unspecified atom stereocenters. The van der Waals surface area contributed by atoms with Gasteiger partial charge in [0.25, 0.3) is 0 Å². The lowest BCUT2D eigenvalue weighted by Crippen LogP contribution is -2.05. The number of carbonyl (C=O) groups excluding carboxylic acids is 1. The molecule has 1 N–H and O–H groups in total. The molecule has 1 amide bonds. The van der Waals surface area contributed by atoms with E-state index in [0.717, 1.165) is 11.4 Å². The third-order valence-electron chi connectivity index (χ3n) is 1.64. The molecule has 0 fully saturated rings. The first-order valence-corrected chi connectivity index (χ1v) is 5.40. The maximum Gasteiger partial charge on any atom is 0.211 e. The van der Waals surface area contributed by atoms with E-state index < -0.39 is 0 Å². The summed E-state index contributed by atoms with van der Waals surface area (Å²) in [7, 11) is 0. The highest BCUT2D eigenvalue weighted by Crippen LogP contribution is 2.13. The first-order chi connectivity index (χ1) is 6.83. The molecular formula is C11H13NOS. The van der Waals surface area contributed by atoms with Gasteiger partial charge in [0.15, 0.2) is 0 Å². The topological polar surface area (TPSA) is 29.1 Å². The molecule has 1 aromatic rings. The van der Waals surface area contributed by atoms with E-state index in [-0.39, 0.29) is 0 Å². The minimum Gasteiger partial charge on any atom is -0.332 e. The van der Waals surface area contributed by atoms with Crippen molar-refractivity contribution in [2.75, 3.05) is 0 Å². The first kappa shape index (κ1) is 10.9. The lowest BCUT2D eigenvalue weighted by atomic mass is 10.2. The van der Waals surface area contributed by atoms with E-state index in [0.29, 0.717) is 6.41 Å². The minimum atomic E-state index is 0.689. The summed E-state index contributed by atoms with van der Waals surface area (Å²) in [5.74, 6) is 0.929. The van der Waals surface area contributed by atoms with Crippen LogP contribution in [0.1, 0.15) is 12.5 Å². The van der Waals surface area contributed by atoms with Gasteiger partial charge in [-0.2, -0.15) is 0 Å². The highest BCUT2D eigenvalue weighted by atomic mass is 32.2. The Bertz CT molecular complexity index is 308. The summed E-state index contributed by atoms with van der Waals surface area (Å²) in [6.45, 7) is 1.87. The molecule has 2 nitrogen and oxygen atoms in total. The van der Waals surface area contributed by atoms with Crippen LogP contribution in [0.5, 0.6) is 0 Å². The molecule has 3 heteroatoms. The Morgan fingerprint density at radius 3 is 2.79 bits per heavy atom. The molecule has 0 radical (unpaired) electrons. The Kier molecular flexibility index (Phi) is 4.86. The number of hydrogen-bond donors (Lipinski definition) is 1. The van der Waals surface area contributed by atoms with Crippen molar-refractivity contribution in [1.82, 2.24) is 5.32 Å². The Labute approximate surface area is 88.4 Å². The van der Waals surface area contributed by atoms with Gasteiger partial charge in [0.05, 0.1) is 0 Å². The summed E-state index contributed by atoms with van der Waals surface area (Å²) < 4.78 is 0. The van der Waals surface area contributed by atoms with Crippen LogP contribution in [0.2, 0.25) is 0 Å². The van der Waals surface area contributed by atoms with Crippen molar-refractivity contribution in [3.63, 3.8) is 0 Å². The number of rotatable bonds is 5. The zero-order chi connectivity index (χ0) is 10.2. The van der Waals surface area contributed by atoms with Crippen molar-refractivity contribution in [2.45, 2.75) is 12.7 Å². The number of carbonyl (C=O) groups is 1. The fourth-order valence-electron chi connectivity index (χ4n) is 0.964. The van der Waals surface area contributed by atoms with Gasteiger partial charge in [-0.1, -0.05) is 30.3 Å². The van der Waals surface area contributed by atoms with E-state index in [1.807, 2.05) is 30.5 Å². The van der Waals surface area contributed by atoms with Gasteiger partial charge in [0.1, 0.15) is 0 Å². The second-order valence-electron chi connectivity index (χ2n) is 2.86. The molecule has 0 aliphatic heterocycles. The summed E-state index contributed by atoms with van der Waals surface area (Å²) in [6, 6.07) is 10.2. The lowest BCUT2D eigenvalue weighted by Gasteiger charge is -1.99. The molecule has 0 heterocycles. The Hall–Kier alpha value is -1.22. The van der Waals surface area contributed by atoms with Crippen LogP contribution in [0, 0.1) is 0 Å². The molecule has 0 spiro atoms. The van der Waals surface area contributed by atoms with Crippen LogP contribution < -0.4 is 5.32 Å². The normalized spacial score (nSPS) is 11.1. The Balaban J connectivity index is 2.35. The number of nitrogens with one attached hydrogen (secondary N) is 1. The van der Waals surface area contributed by atoms with E-state index in [2.05, 4.69) is 17.4 Å². The molecule has 1 aromatic carbocycles. The van der Waals surface area contributed by atoms with Gasteiger partial charge in [-0.05, 0) is 17.9 Å². The standard InChI is InChI=1S/C11H13NOS/c1-10(12-9-13)7-14-8-11-5-3-2-4-6-11/h2-7,9H,8H2,1H3,(H,12,13)/b10-7+. The number of allylic oxidation sites excluding steroid dienone is 1. The Morgan fingerprint density at radius 2 is 2.14 bits per heavy atom. The van der Waals surface area contributed by atoms with Crippen LogP contribution in [0.15, 0.2) is 41.4 Å². The van der Waals surface area contributed by atoms with Crippen molar-refractivity contribution in [3.8, 4) is 0 Å². The summed E-state index contributed by atoms with van der Waals surface area (Å²) >= 11 is 1.67. The average Bonchev–Trinajstić information content (AvgIpc) is 2.20. The molecule has 0 aromatic heterocycles. The lowest BCUT2D eigenvalue weighted by molar-refractivity contribution is -0.108. The van der Waals surface area contributed by atoms with Gasteiger partial charge in [-0.25, -0.2) is 0 Å². The van der Waals surface area contributed by atoms with Gasteiger partial charge in [-0.15, -0.1) is 11.8 Å².